The van der Waals surface area contributed by atoms with E-state index in [1.807, 2.05) is 48.5 Å². The molecule has 0 fully saturated rings. The van der Waals surface area contributed by atoms with Crippen LogP contribution in [0.3, 0.4) is 0 Å². The number of fused-ring (bicyclic) bond motifs is 1. The van der Waals surface area contributed by atoms with Gasteiger partial charge in [-0.15, -0.1) is 0 Å². The number of hydrogen-bond acceptors (Lipinski definition) is 4. The monoisotopic (exact) mass is 465 g/mol. The van der Waals surface area contributed by atoms with E-state index >= 15 is 0 Å². The molecule has 3 aromatic carbocycles. The van der Waals surface area contributed by atoms with Gasteiger partial charge in [-0.25, -0.2) is 14.2 Å². The van der Waals surface area contributed by atoms with E-state index in [-0.39, 0.29) is 19.0 Å². The molecule has 150 valence electrons. The third-order valence-electron chi connectivity index (χ3n) is 4.46. The number of aromatic nitrogens is 1. The molecule has 0 saturated carbocycles. The van der Waals surface area contributed by atoms with Crippen molar-refractivity contribution in [1.29, 1.82) is 0 Å². The van der Waals surface area contributed by atoms with Crippen molar-refractivity contribution in [2.75, 3.05) is 13.2 Å². The largest absolute Gasteiger partial charge is 0.490 e. The molecule has 4 aromatic rings. The van der Waals surface area contributed by atoms with E-state index in [9.17, 15) is 9.18 Å². The lowest BCUT2D eigenvalue weighted by Crippen LogP contribution is -2.13. The third-order valence-corrected chi connectivity index (χ3v) is 4.95. The van der Waals surface area contributed by atoms with E-state index in [4.69, 9.17) is 9.47 Å². The summed E-state index contributed by atoms with van der Waals surface area (Å²) in [7, 11) is 0. The number of esters is 1. The summed E-state index contributed by atoms with van der Waals surface area (Å²) in [5, 5.41) is 0.696. The van der Waals surface area contributed by atoms with E-state index in [1.54, 1.807) is 18.2 Å². The Morgan fingerprint density at radius 2 is 1.73 bits per heavy atom. The summed E-state index contributed by atoms with van der Waals surface area (Å²) in [6.07, 6.45) is 0. The predicted molar refractivity (Wildman–Crippen MR) is 117 cm³/mol. The summed E-state index contributed by atoms with van der Waals surface area (Å²) in [6, 6.07) is 22.5. The summed E-state index contributed by atoms with van der Waals surface area (Å²) in [4.78, 5) is 17.4. The van der Waals surface area contributed by atoms with Crippen molar-refractivity contribution in [2.24, 2.45) is 0 Å². The van der Waals surface area contributed by atoms with Gasteiger partial charge in [-0.1, -0.05) is 40.2 Å². The SMILES string of the molecule is O=C(OCCOc1cccc(Br)c1)c1cc(-c2ccc(F)cc2)nc2ccccc12. The number of benzene rings is 3. The van der Waals surface area contributed by atoms with Gasteiger partial charge < -0.3 is 9.47 Å². The molecule has 0 aliphatic rings. The second-order valence-corrected chi connectivity index (χ2v) is 7.44. The zero-order chi connectivity index (χ0) is 20.9. The van der Waals surface area contributed by atoms with Crippen molar-refractivity contribution >= 4 is 32.8 Å². The van der Waals surface area contributed by atoms with E-state index in [0.717, 1.165) is 4.47 Å². The summed E-state index contributed by atoms with van der Waals surface area (Å²) < 4.78 is 25.2. The number of ether oxygens (including phenoxy) is 2. The van der Waals surface area contributed by atoms with Crippen LogP contribution in [0.2, 0.25) is 0 Å². The third kappa shape index (κ3) is 4.66. The van der Waals surface area contributed by atoms with Gasteiger partial charge in [0.2, 0.25) is 0 Å². The molecule has 0 N–H and O–H groups in total. The minimum absolute atomic E-state index is 0.105. The van der Waals surface area contributed by atoms with Crippen LogP contribution in [0.15, 0.2) is 83.3 Å². The topological polar surface area (TPSA) is 48.4 Å². The Labute approximate surface area is 181 Å². The average molecular weight is 466 g/mol. The molecule has 4 nitrogen and oxygen atoms in total. The van der Waals surface area contributed by atoms with Gasteiger partial charge in [-0.05, 0) is 54.6 Å². The van der Waals surface area contributed by atoms with Crippen molar-refractivity contribution in [1.82, 2.24) is 4.98 Å². The summed E-state index contributed by atoms with van der Waals surface area (Å²) >= 11 is 3.39. The number of nitrogens with zero attached hydrogens (tertiary/aromatic N) is 1. The van der Waals surface area contributed by atoms with Gasteiger partial charge >= 0.3 is 5.97 Å². The standard InChI is InChI=1S/C24H17BrFNO3/c25-17-4-3-5-19(14-17)29-12-13-30-24(28)21-15-23(16-8-10-18(26)11-9-16)27-22-7-2-1-6-20(21)22/h1-11,14-15H,12-13H2. The van der Waals surface area contributed by atoms with Crippen LogP contribution in [-0.4, -0.2) is 24.2 Å². The zero-order valence-electron chi connectivity index (χ0n) is 15.8. The second-order valence-electron chi connectivity index (χ2n) is 6.52. The van der Waals surface area contributed by atoms with Crippen LogP contribution in [0, 0.1) is 5.82 Å². The Hall–Kier alpha value is -3.25. The van der Waals surface area contributed by atoms with Crippen molar-refractivity contribution in [3.05, 3.63) is 94.7 Å². The highest BCUT2D eigenvalue weighted by Gasteiger charge is 2.15. The van der Waals surface area contributed by atoms with Crippen LogP contribution in [0.1, 0.15) is 10.4 Å². The lowest BCUT2D eigenvalue weighted by molar-refractivity contribution is 0.0452. The molecule has 1 heterocycles. The highest BCUT2D eigenvalue weighted by Crippen LogP contribution is 2.26. The van der Waals surface area contributed by atoms with Gasteiger partial charge in [0.05, 0.1) is 16.8 Å². The predicted octanol–water partition coefficient (Wildman–Crippen LogP) is 6.04. The fourth-order valence-electron chi connectivity index (χ4n) is 3.04. The molecule has 0 spiro atoms. The van der Waals surface area contributed by atoms with Crippen LogP contribution in [0.4, 0.5) is 4.39 Å². The van der Waals surface area contributed by atoms with Crippen LogP contribution >= 0.6 is 15.9 Å². The molecular weight excluding hydrogens is 449 g/mol. The number of rotatable bonds is 6. The minimum atomic E-state index is -0.463. The molecule has 0 bridgehead atoms. The van der Waals surface area contributed by atoms with Gasteiger partial charge in [0.25, 0.3) is 0 Å². The van der Waals surface area contributed by atoms with Crippen LogP contribution in [-0.2, 0) is 4.74 Å². The van der Waals surface area contributed by atoms with Crippen molar-refractivity contribution in [3.63, 3.8) is 0 Å². The lowest BCUT2D eigenvalue weighted by Gasteiger charge is -2.11. The first-order chi connectivity index (χ1) is 14.6. The van der Waals surface area contributed by atoms with Gasteiger partial charge in [0, 0.05) is 15.4 Å². The van der Waals surface area contributed by atoms with Gasteiger partial charge in [-0.2, -0.15) is 0 Å². The summed E-state index contributed by atoms with van der Waals surface area (Å²) in [6.45, 7) is 0.337. The number of carbonyl (C=O) groups excluding carboxylic acids is 1. The molecule has 0 atom stereocenters. The Bertz CT molecular complexity index is 1190. The molecule has 0 unspecified atom stereocenters. The first-order valence-corrected chi connectivity index (χ1v) is 10.1. The molecule has 30 heavy (non-hydrogen) atoms. The number of halogens is 2. The van der Waals surface area contributed by atoms with Crippen LogP contribution < -0.4 is 4.74 Å². The van der Waals surface area contributed by atoms with E-state index < -0.39 is 5.97 Å². The smallest absolute Gasteiger partial charge is 0.339 e. The number of para-hydroxylation sites is 1. The molecule has 1 aromatic heterocycles. The molecule has 0 aliphatic heterocycles. The number of pyridine rings is 1. The molecule has 0 amide bonds. The maximum Gasteiger partial charge on any atom is 0.339 e. The van der Waals surface area contributed by atoms with Crippen LogP contribution in [0.25, 0.3) is 22.2 Å². The van der Waals surface area contributed by atoms with Gasteiger partial charge in [0.15, 0.2) is 0 Å². The Morgan fingerprint density at radius 1 is 0.933 bits per heavy atom. The Morgan fingerprint density at radius 3 is 2.53 bits per heavy atom. The van der Waals surface area contributed by atoms with E-state index in [1.165, 1.54) is 12.1 Å². The molecule has 0 aliphatic carbocycles. The number of hydrogen-bond donors (Lipinski definition) is 0. The molecule has 4 rings (SSSR count). The fourth-order valence-corrected chi connectivity index (χ4v) is 3.42. The first kappa shape index (κ1) is 20.0. The normalized spacial score (nSPS) is 10.7. The average Bonchev–Trinajstić information content (AvgIpc) is 2.76. The highest BCUT2D eigenvalue weighted by atomic mass is 79.9. The lowest BCUT2D eigenvalue weighted by atomic mass is 10.0. The maximum absolute atomic E-state index is 13.3. The van der Waals surface area contributed by atoms with Crippen molar-refractivity contribution < 1.29 is 18.7 Å². The minimum Gasteiger partial charge on any atom is -0.490 e. The van der Waals surface area contributed by atoms with E-state index in [0.29, 0.717) is 33.5 Å². The quantitative estimate of drug-likeness (QED) is 0.257. The first-order valence-electron chi connectivity index (χ1n) is 9.31. The number of carbonyl (C=O) groups is 1. The highest BCUT2D eigenvalue weighted by molar-refractivity contribution is 9.10. The van der Waals surface area contributed by atoms with Crippen molar-refractivity contribution in [2.45, 2.75) is 0 Å². The maximum atomic E-state index is 13.3. The van der Waals surface area contributed by atoms with Gasteiger partial charge in [0.1, 0.15) is 24.8 Å². The molecule has 0 radical (unpaired) electrons. The summed E-state index contributed by atoms with van der Waals surface area (Å²) in [5.41, 5.74) is 2.36. The Balaban J connectivity index is 1.53. The van der Waals surface area contributed by atoms with Crippen molar-refractivity contribution in [3.8, 4) is 17.0 Å². The van der Waals surface area contributed by atoms with Crippen LogP contribution in [0.5, 0.6) is 5.75 Å². The van der Waals surface area contributed by atoms with Gasteiger partial charge in [-0.3, -0.25) is 0 Å². The Kier molecular flexibility index (Phi) is 6.05. The summed E-state index contributed by atoms with van der Waals surface area (Å²) in [5.74, 6) is -0.104. The second kappa shape index (κ2) is 9.05. The molecule has 6 heteroatoms. The molecular formula is C24H17BrFNO3. The zero-order valence-corrected chi connectivity index (χ0v) is 17.4. The van der Waals surface area contributed by atoms with E-state index in [2.05, 4.69) is 20.9 Å². The fraction of sp³-hybridized carbons (Fsp3) is 0.0833. The molecule has 0 saturated heterocycles.